The molecule has 0 saturated carbocycles. The molecule has 1 aromatic rings. The van der Waals surface area contributed by atoms with E-state index in [1.54, 1.807) is 0 Å². The number of anilines is 1. The van der Waals surface area contributed by atoms with Crippen LogP contribution in [0.15, 0.2) is 24.3 Å². The molecule has 1 fully saturated rings. The van der Waals surface area contributed by atoms with Crippen LogP contribution in [0.5, 0.6) is 0 Å². The fourth-order valence-corrected chi connectivity index (χ4v) is 2.52. The van der Waals surface area contributed by atoms with Gasteiger partial charge in [0.15, 0.2) is 0 Å². The summed E-state index contributed by atoms with van der Waals surface area (Å²) in [5.41, 5.74) is 1.73. The number of benzene rings is 1. The minimum atomic E-state index is -0.283. The van der Waals surface area contributed by atoms with Gasteiger partial charge < -0.3 is 5.32 Å². The zero-order valence-corrected chi connectivity index (χ0v) is 13.9. The number of nitrogens with one attached hydrogen (secondary N) is 2. The topological polar surface area (TPSA) is 75.3 Å². The first-order valence-corrected chi connectivity index (χ1v) is 8.07. The van der Waals surface area contributed by atoms with Crippen LogP contribution in [-0.4, -0.2) is 17.7 Å². The van der Waals surface area contributed by atoms with Crippen LogP contribution in [-0.2, 0) is 20.8 Å². The number of carbonyl (C=O) groups is 3. The molecule has 0 aromatic heterocycles. The zero-order chi connectivity index (χ0) is 17.0. The van der Waals surface area contributed by atoms with Crippen LogP contribution in [0, 0.1) is 17.8 Å². The van der Waals surface area contributed by atoms with E-state index in [1.165, 1.54) is 0 Å². The van der Waals surface area contributed by atoms with Crippen LogP contribution in [0.2, 0.25) is 0 Å². The Morgan fingerprint density at radius 1 is 1.22 bits per heavy atom. The first-order chi connectivity index (χ1) is 10.8. The summed E-state index contributed by atoms with van der Waals surface area (Å²) < 4.78 is 0. The van der Waals surface area contributed by atoms with E-state index in [2.05, 4.69) is 31.4 Å². The maximum Gasteiger partial charge on any atom is 0.230 e. The standard InChI is InChI=1S/C18H24N2O3/c1-11(2)12(3)8-16(21)19-15-6-4-13(5-7-15)9-14-10-17(22)20-18(14)23/h4-7,11-12,14H,8-10H2,1-3H3,(H,19,21)(H,20,22,23). The highest BCUT2D eigenvalue weighted by molar-refractivity contribution is 6.03. The number of imide groups is 1. The van der Waals surface area contributed by atoms with Gasteiger partial charge in [-0.15, -0.1) is 0 Å². The van der Waals surface area contributed by atoms with E-state index in [-0.39, 0.29) is 30.1 Å². The van der Waals surface area contributed by atoms with Gasteiger partial charge in [0.1, 0.15) is 0 Å². The van der Waals surface area contributed by atoms with Gasteiger partial charge in [0.2, 0.25) is 17.7 Å². The summed E-state index contributed by atoms with van der Waals surface area (Å²) in [4.78, 5) is 34.7. The molecular formula is C18H24N2O3. The molecule has 1 aromatic carbocycles. The van der Waals surface area contributed by atoms with E-state index in [9.17, 15) is 14.4 Å². The SMILES string of the molecule is CC(C)C(C)CC(=O)Nc1ccc(CC2CC(=O)NC2=O)cc1. The number of amides is 3. The van der Waals surface area contributed by atoms with Crippen molar-refractivity contribution in [2.45, 2.75) is 40.0 Å². The second-order valence-corrected chi connectivity index (χ2v) is 6.69. The number of hydrogen-bond donors (Lipinski definition) is 2. The summed E-state index contributed by atoms with van der Waals surface area (Å²) in [5.74, 6) is 0.142. The summed E-state index contributed by atoms with van der Waals surface area (Å²) in [6.07, 6.45) is 1.30. The average Bonchev–Trinajstić information content (AvgIpc) is 2.78. The minimum absolute atomic E-state index is 0.0136. The smallest absolute Gasteiger partial charge is 0.230 e. The molecule has 0 aliphatic carbocycles. The molecule has 1 saturated heterocycles. The lowest BCUT2D eigenvalue weighted by atomic mass is 9.94. The molecule has 23 heavy (non-hydrogen) atoms. The van der Waals surface area contributed by atoms with Crippen LogP contribution in [0.25, 0.3) is 0 Å². The Morgan fingerprint density at radius 3 is 2.39 bits per heavy atom. The monoisotopic (exact) mass is 316 g/mol. The zero-order valence-electron chi connectivity index (χ0n) is 13.9. The molecule has 5 nitrogen and oxygen atoms in total. The van der Waals surface area contributed by atoms with Crippen LogP contribution in [0.4, 0.5) is 5.69 Å². The van der Waals surface area contributed by atoms with Gasteiger partial charge in [-0.1, -0.05) is 32.9 Å². The van der Waals surface area contributed by atoms with Crippen LogP contribution >= 0.6 is 0 Å². The van der Waals surface area contributed by atoms with Gasteiger partial charge in [0, 0.05) is 18.5 Å². The molecule has 124 valence electrons. The maximum atomic E-state index is 12.0. The van der Waals surface area contributed by atoms with Crippen molar-refractivity contribution in [1.82, 2.24) is 5.32 Å². The Morgan fingerprint density at radius 2 is 1.87 bits per heavy atom. The van der Waals surface area contributed by atoms with E-state index in [0.717, 1.165) is 11.3 Å². The maximum absolute atomic E-state index is 12.0. The lowest BCUT2D eigenvalue weighted by molar-refractivity contribution is -0.125. The van der Waals surface area contributed by atoms with Gasteiger partial charge in [-0.05, 0) is 36.0 Å². The van der Waals surface area contributed by atoms with Gasteiger partial charge in [-0.3, -0.25) is 19.7 Å². The Hall–Kier alpha value is -2.17. The number of hydrogen-bond acceptors (Lipinski definition) is 3. The van der Waals surface area contributed by atoms with Crippen LogP contribution < -0.4 is 10.6 Å². The second kappa shape index (κ2) is 7.40. The molecule has 0 radical (unpaired) electrons. The lowest BCUT2D eigenvalue weighted by Crippen LogP contribution is -2.22. The molecule has 0 spiro atoms. The van der Waals surface area contributed by atoms with E-state index >= 15 is 0 Å². The summed E-state index contributed by atoms with van der Waals surface area (Å²) in [6, 6.07) is 7.44. The molecule has 1 aliphatic heterocycles. The third kappa shape index (κ3) is 4.91. The van der Waals surface area contributed by atoms with Crippen molar-refractivity contribution in [3.63, 3.8) is 0 Å². The van der Waals surface area contributed by atoms with Crippen molar-refractivity contribution in [1.29, 1.82) is 0 Å². The van der Waals surface area contributed by atoms with Crippen molar-refractivity contribution in [2.75, 3.05) is 5.32 Å². The highest BCUT2D eigenvalue weighted by Gasteiger charge is 2.30. The van der Waals surface area contributed by atoms with E-state index in [1.807, 2.05) is 24.3 Å². The van der Waals surface area contributed by atoms with E-state index in [4.69, 9.17) is 0 Å². The highest BCUT2D eigenvalue weighted by Crippen LogP contribution is 2.20. The number of rotatable bonds is 6. The predicted molar refractivity (Wildman–Crippen MR) is 88.7 cm³/mol. The quantitative estimate of drug-likeness (QED) is 0.792. The third-order valence-electron chi connectivity index (χ3n) is 4.43. The normalized spacial score (nSPS) is 18.9. The fraction of sp³-hybridized carbons (Fsp3) is 0.500. The molecule has 0 bridgehead atoms. The lowest BCUT2D eigenvalue weighted by Gasteiger charge is -2.15. The van der Waals surface area contributed by atoms with Crippen LogP contribution in [0.1, 0.15) is 39.2 Å². The number of carbonyl (C=O) groups excluding carboxylic acids is 3. The van der Waals surface area contributed by atoms with E-state index < -0.39 is 0 Å². The molecule has 3 amide bonds. The van der Waals surface area contributed by atoms with Gasteiger partial charge in [-0.25, -0.2) is 0 Å². The van der Waals surface area contributed by atoms with Gasteiger partial charge in [0.25, 0.3) is 0 Å². The summed E-state index contributed by atoms with van der Waals surface area (Å²) in [5, 5.41) is 5.21. The molecule has 1 aliphatic rings. The van der Waals surface area contributed by atoms with Crippen molar-refractivity contribution in [3.05, 3.63) is 29.8 Å². The Bertz CT molecular complexity index is 593. The summed E-state index contributed by atoms with van der Waals surface area (Å²) >= 11 is 0. The third-order valence-corrected chi connectivity index (χ3v) is 4.43. The minimum Gasteiger partial charge on any atom is -0.326 e. The van der Waals surface area contributed by atoms with Gasteiger partial charge in [0.05, 0.1) is 5.92 Å². The Kier molecular flexibility index (Phi) is 5.53. The Balaban J connectivity index is 1.88. The van der Waals surface area contributed by atoms with E-state index in [0.29, 0.717) is 24.7 Å². The predicted octanol–water partition coefficient (Wildman–Crippen LogP) is 2.51. The fourth-order valence-electron chi connectivity index (χ4n) is 2.52. The first kappa shape index (κ1) is 17.2. The first-order valence-electron chi connectivity index (χ1n) is 8.07. The van der Waals surface area contributed by atoms with Crippen molar-refractivity contribution < 1.29 is 14.4 Å². The molecule has 2 rings (SSSR count). The van der Waals surface area contributed by atoms with Crippen LogP contribution in [0.3, 0.4) is 0 Å². The van der Waals surface area contributed by atoms with Crippen molar-refractivity contribution >= 4 is 23.4 Å². The summed E-state index contributed by atoms with van der Waals surface area (Å²) in [6.45, 7) is 6.29. The van der Waals surface area contributed by atoms with Gasteiger partial charge in [-0.2, -0.15) is 0 Å². The van der Waals surface area contributed by atoms with Crippen molar-refractivity contribution in [3.8, 4) is 0 Å². The Labute approximate surface area is 136 Å². The second-order valence-electron chi connectivity index (χ2n) is 6.69. The van der Waals surface area contributed by atoms with Crippen molar-refractivity contribution in [2.24, 2.45) is 17.8 Å². The summed E-state index contributed by atoms with van der Waals surface area (Å²) in [7, 11) is 0. The molecule has 2 N–H and O–H groups in total. The van der Waals surface area contributed by atoms with Gasteiger partial charge >= 0.3 is 0 Å². The highest BCUT2D eigenvalue weighted by atomic mass is 16.2. The molecule has 1 heterocycles. The average molecular weight is 316 g/mol. The largest absolute Gasteiger partial charge is 0.326 e. The molecule has 2 unspecified atom stereocenters. The molecular weight excluding hydrogens is 292 g/mol. The molecule has 2 atom stereocenters. The molecule has 5 heteroatoms.